The van der Waals surface area contributed by atoms with Crippen LogP contribution in [0.25, 0.3) is 0 Å². The number of methoxy groups -OCH3 is 1. The first kappa shape index (κ1) is 30.3. The van der Waals surface area contributed by atoms with Gasteiger partial charge in [-0.1, -0.05) is 24.4 Å². The highest BCUT2D eigenvalue weighted by Crippen LogP contribution is 2.27. The smallest absolute Gasteiger partial charge is 0.232 e. The second-order valence-corrected chi connectivity index (χ2v) is 11.3. The van der Waals surface area contributed by atoms with E-state index >= 15 is 0 Å². The number of nitrogens with one attached hydrogen (secondary N) is 3. The van der Waals surface area contributed by atoms with E-state index in [9.17, 15) is 0 Å². The van der Waals surface area contributed by atoms with Gasteiger partial charge in [-0.2, -0.15) is 15.0 Å². The van der Waals surface area contributed by atoms with Crippen LogP contribution < -0.4 is 30.2 Å². The molecule has 9 nitrogen and oxygen atoms in total. The van der Waals surface area contributed by atoms with Crippen molar-refractivity contribution in [1.29, 1.82) is 0 Å². The Hall–Kier alpha value is -3.65. The number of thiocarbonyl (C=S) groups is 2. The number of rotatable bonds is 11. The molecule has 212 valence electrons. The Kier molecular flexibility index (Phi) is 11.4. The number of benzene rings is 3. The summed E-state index contributed by atoms with van der Waals surface area (Å²) in [5.41, 5.74) is 2.44. The van der Waals surface area contributed by atoms with Gasteiger partial charge in [-0.3, -0.25) is 0 Å². The van der Waals surface area contributed by atoms with E-state index in [1.54, 1.807) is 7.11 Å². The molecule has 4 aromatic rings. The lowest BCUT2D eigenvalue weighted by Gasteiger charge is -2.12. The lowest BCUT2D eigenvalue weighted by Crippen LogP contribution is -2.09. The van der Waals surface area contributed by atoms with Crippen LogP contribution in [0.3, 0.4) is 0 Å². The summed E-state index contributed by atoms with van der Waals surface area (Å²) in [6.07, 6.45) is 0. The van der Waals surface area contributed by atoms with Crippen molar-refractivity contribution >= 4 is 79.6 Å². The summed E-state index contributed by atoms with van der Waals surface area (Å²) >= 11 is 13.6. The van der Waals surface area contributed by atoms with Crippen molar-refractivity contribution in [3.8, 4) is 17.2 Å². The summed E-state index contributed by atoms with van der Waals surface area (Å²) < 4.78 is 17.2. The Bertz CT molecular complexity index is 1370. The van der Waals surface area contributed by atoms with Gasteiger partial charge in [0.2, 0.25) is 16.3 Å². The number of thioether (sulfide) groups is 2. The average Bonchev–Trinajstić information content (AvgIpc) is 2.95. The summed E-state index contributed by atoms with van der Waals surface area (Å²) in [5.74, 6) is 2.68. The lowest BCUT2D eigenvalue weighted by molar-refractivity contribution is 0.340. The van der Waals surface area contributed by atoms with Gasteiger partial charge in [-0.05, 0) is 110 Å². The zero-order valence-electron chi connectivity index (χ0n) is 22.5. The van der Waals surface area contributed by atoms with E-state index in [-0.39, 0.29) is 0 Å². The molecule has 0 bridgehead atoms. The first-order valence-electron chi connectivity index (χ1n) is 12.5. The molecule has 0 fully saturated rings. The van der Waals surface area contributed by atoms with Crippen LogP contribution in [0.4, 0.5) is 23.0 Å². The van der Waals surface area contributed by atoms with Gasteiger partial charge in [0.1, 0.15) is 25.9 Å². The molecule has 0 aliphatic rings. The molecular formula is C28H28N6O3S4. The highest BCUT2D eigenvalue weighted by Gasteiger charge is 2.13. The van der Waals surface area contributed by atoms with Crippen LogP contribution in [0, 0.1) is 0 Å². The standard InChI is InChI=1S/C28H28N6O3S4/c1-4-36-22-14-8-19(9-15-22)30-27(38)40-25-32-24(29-18-6-12-21(35-3)13-7-18)33-26(34-25)41-28(39)31-20-10-16-23(17-11-20)37-5-2/h6-17H,4-5H2,1-3H3,(H,30,38)(H,31,39)(H,29,32,33,34). The number of ether oxygens (including phenoxy) is 3. The fourth-order valence-electron chi connectivity index (χ4n) is 3.34. The molecule has 0 saturated carbocycles. The lowest BCUT2D eigenvalue weighted by atomic mass is 10.3. The quantitative estimate of drug-likeness (QED) is 0.114. The highest BCUT2D eigenvalue weighted by atomic mass is 32.2. The molecule has 0 amide bonds. The van der Waals surface area contributed by atoms with Gasteiger partial charge in [-0.25, -0.2) is 0 Å². The van der Waals surface area contributed by atoms with Gasteiger partial charge >= 0.3 is 0 Å². The van der Waals surface area contributed by atoms with Crippen LogP contribution >= 0.6 is 48.0 Å². The second kappa shape index (κ2) is 15.4. The predicted octanol–water partition coefficient (Wildman–Crippen LogP) is 7.40. The molecule has 0 spiro atoms. The van der Waals surface area contributed by atoms with Gasteiger partial charge in [0.15, 0.2) is 0 Å². The minimum absolute atomic E-state index is 0.350. The number of hydrogen-bond donors (Lipinski definition) is 3. The third-order valence-corrected chi connectivity index (χ3v) is 7.14. The second-order valence-electron chi connectivity index (χ2n) is 8.02. The Morgan fingerprint density at radius 2 is 1.05 bits per heavy atom. The summed E-state index contributed by atoms with van der Waals surface area (Å²) in [7, 11) is 1.62. The molecule has 4 rings (SSSR count). The van der Waals surface area contributed by atoms with Crippen molar-refractivity contribution in [2.24, 2.45) is 0 Å². The zero-order chi connectivity index (χ0) is 29.0. The molecule has 0 saturated heterocycles. The summed E-state index contributed by atoms with van der Waals surface area (Å²) in [6, 6.07) is 22.6. The molecule has 0 aliphatic carbocycles. The van der Waals surface area contributed by atoms with Crippen molar-refractivity contribution in [1.82, 2.24) is 15.0 Å². The van der Waals surface area contributed by atoms with E-state index < -0.39 is 0 Å². The van der Waals surface area contributed by atoms with E-state index in [1.807, 2.05) is 86.6 Å². The number of nitrogens with zero attached hydrogens (tertiary/aromatic N) is 3. The minimum Gasteiger partial charge on any atom is -0.497 e. The third-order valence-electron chi connectivity index (χ3n) is 5.13. The van der Waals surface area contributed by atoms with Crippen LogP contribution in [0.2, 0.25) is 0 Å². The molecule has 3 aromatic carbocycles. The zero-order valence-corrected chi connectivity index (χ0v) is 25.8. The highest BCUT2D eigenvalue weighted by molar-refractivity contribution is 8.23. The Balaban J connectivity index is 1.49. The summed E-state index contributed by atoms with van der Waals surface area (Å²) in [4.78, 5) is 13.7. The Morgan fingerprint density at radius 3 is 1.46 bits per heavy atom. The molecule has 13 heteroatoms. The van der Waals surface area contributed by atoms with Crippen LogP contribution in [0.15, 0.2) is 83.1 Å². The molecule has 0 unspecified atom stereocenters. The van der Waals surface area contributed by atoms with Crippen LogP contribution in [-0.2, 0) is 0 Å². The molecule has 0 radical (unpaired) electrons. The number of hydrogen-bond acceptors (Lipinski definition) is 11. The van der Waals surface area contributed by atoms with Crippen LogP contribution in [0.1, 0.15) is 13.8 Å². The van der Waals surface area contributed by atoms with E-state index in [2.05, 4.69) is 30.9 Å². The fourth-order valence-corrected chi connectivity index (χ4v) is 5.28. The van der Waals surface area contributed by atoms with Crippen molar-refractivity contribution in [3.05, 3.63) is 72.8 Å². The van der Waals surface area contributed by atoms with Gasteiger partial charge in [0.05, 0.1) is 20.3 Å². The molecule has 1 aromatic heterocycles. The molecule has 0 atom stereocenters. The number of aromatic nitrogens is 3. The topological polar surface area (TPSA) is 102 Å². The van der Waals surface area contributed by atoms with Crippen LogP contribution in [-0.4, -0.2) is 43.9 Å². The van der Waals surface area contributed by atoms with Crippen molar-refractivity contribution < 1.29 is 14.2 Å². The number of anilines is 4. The normalized spacial score (nSPS) is 10.4. The Morgan fingerprint density at radius 1 is 0.634 bits per heavy atom. The molecule has 3 N–H and O–H groups in total. The molecule has 41 heavy (non-hydrogen) atoms. The van der Waals surface area contributed by atoms with E-state index in [1.165, 1.54) is 23.5 Å². The summed E-state index contributed by atoms with van der Waals surface area (Å²) in [5, 5.41) is 10.4. The van der Waals surface area contributed by atoms with E-state index in [4.69, 9.17) is 38.6 Å². The van der Waals surface area contributed by atoms with E-state index in [0.717, 1.165) is 34.3 Å². The maximum Gasteiger partial charge on any atom is 0.232 e. The van der Waals surface area contributed by atoms with E-state index in [0.29, 0.717) is 38.1 Å². The minimum atomic E-state index is 0.350. The Labute approximate surface area is 258 Å². The molecular weight excluding hydrogens is 597 g/mol. The molecule has 0 aliphatic heterocycles. The fraction of sp³-hybridized carbons (Fsp3) is 0.179. The first-order chi connectivity index (χ1) is 19.9. The van der Waals surface area contributed by atoms with Crippen LogP contribution in [0.5, 0.6) is 17.2 Å². The van der Waals surface area contributed by atoms with Crippen molar-refractivity contribution in [3.63, 3.8) is 0 Å². The van der Waals surface area contributed by atoms with Crippen molar-refractivity contribution in [2.45, 2.75) is 24.2 Å². The monoisotopic (exact) mass is 624 g/mol. The third kappa shape index (κ3) is 9.74. The predicted molar refractivity (Wildman–Crippen MR) is 175 cm³/mol. The van der Waals surface area contributed by atoms with Gasteiger partial charge < -0.3 is 30.2 Å². The summed E-state index contributed by atoms with van der Waals surface area (Å²) in [6.45, 7) is 5.10. The van der Waals surface area contributed by atoms with Crippen molar-refractivity contribution in [2.75, 3.05) is 36.3 Å². The first-order valence-corrected chi connectivity index (χ1v) is 15.0. The maximum absolute atomic E-state index is 5.58. The largest absolute Gasteiger partial charge is 0.497 e. The van der Waals surface area contributed by atoms with Gasteiger partial charge in [0, 0.05) is 17.1 Å². The molecule has 1 heterocycles. The maximum atomic E-state index is 5.58. The average molecular weight is 625 g/mol. The van der Waals surface area contributed by atoms with Gasteiger partial charge in [0.25, 0.3) is 0 Å². The SMILES string of the molecule is CCOc1ccc(NC(=S)Sc2nc(Nc3ccc(OC)cc3)nc(SC(=S)Nc3ccc(OCC)cc3)n2)cc1. The van der Waals surface area contributed by atoms with Gasteiger partial charge in [-0.15, -0.1) is 0 Å².